The second-order valence-electron chi connectivity index (χ2n) is 5.83. The Kier molecular flexibility index (Phi) is 4.81. The Balaban J connectivity index is 1.92. The number of aliphatic hydroxyl groups is 3. The van der Waals surface area contributed by atoms with Crippen molar-refractivity contribution in [3.05, 3.63) is 34.1 Å². The van der Waals surface area contributed by atoms with E-state index in [0.717, 1.165) is 16.7 Å². The van der Waals surface area contributed by atoms with E-state index in [1.807, 2.05) is 6.92 Å². The molecule has 1 aliphatic heterocycles. The average molecular weight is 352 g/mol. The Bertz CT molecular complexity index is 805. The van der Waals surface area contributed by atoms with Crippen molar-refractivity contribution in [3.8, 4) is 0 Å². The summed E-state index contributed by atoms with van der Waals surface area (Å²) in [6, 6.07) is 0. The lowest BCUT2D eigenvalue weighted by atomic mass is 10.1. The quantitative estimate of drug-likeness (QED) is 0.461. The molecule has 2 aromatic rings. The largest absolute Gasteiger partial charge is 0.394 e. The molecule has 5 N–H and O–H groups in total. The van der Waals surface area contributed by atoms with Gasteiger partial charge in [0.15, 0.2) is 6.23 Å². The molecule has 136 valence electrons. The molecule has 1 fully saturated rings. The van der Waals surface area contributed by atoms with E-state index < -0.39 is 36.8 Å². The van der Waals surface area contributed by atoms with Crippen LogP contribution in [0.15, 0.2) is 17.2 Å². The number of anilines is 1. The monoisotopic (exact) mass is 352 g/mol. The zero-order valence-corrected chi connectivity index (χ0v) is 13.6. The molecular weight excluding hydrogens is 332 g/mol. The van der Waals surface area contributed by atoms with Crippen molar-refractivity contribution >= 4 is 5.82 Å². The fraction of sp³-hybridized carbons (Fsp3) is 0.571. The van der Waals surface area contributed by atoms with Gasteiger partial charge in [0, 0.05) is 18.0 Å². The fourth-order valence-corrected chi connectivity index (χ4v) is 2.69. The molecule has 0 aliphatic carbocycles. The lowest BCUT2D eigenvalue weighted by Crippen LogP contribution is -2.36. The zero-order valence-electron chi connectivity index (χ0n) is 13.6. The molecule has 1 saturated heterocycles. The van der Waals surface area contributed by atoms with Crippen LogP contribution in [0.2, 0.25) is 0 Å². The van der Waals surface area contributed by atoms with Crippen LogP contribution in [0.25, 0.3) is 0 Å². The number of hydrogen-bond donors (Lipinski definition) is 4. The van der Waals surface area contributed by atoms with Gasteiger partial charge in [0.2, 0.25) is 0 Å². The van der Waals surface area contributed by atoms with Crippen LogP contribution in [0, 0.1) is 0 Å². The number of nitrogen functional groups attached to an aromatic ring is 1. The summed E-state index contributed by atoms with van der Waals surface area (Å²) in [5, 5.41) is 37.1. The topological polar surface area (TPSA) is 162 Å². The van der Waals surface area contributed by atoms with Crippen LogP contribution in [0.3, 0.4) is 0 Å². The second-order valence-corrected chi connectivity index (χ2v) is 5.83. The highest BCUT2D eigenvalue weighted by molar-refractivity contribution is 5.37. The zero-order chi connectivity index (χ0) is 18.1. The first-order valence-corrected chi connectivity index (χ1v) is 7.83. The first-order valence-electron chi connectivity index (χ1n) is 7.83. The highest BCUT2D eigenvalue weighted by atomic mass is 16.6. The Morgan fingerprint density at radius 3 is 2.68 bits per heavy atom. The third-order valence-electron chi connectivity index (χ3n) is 4.13. The molecule has 11 nitrogen and oxygen atoms in total. The Morgan fingerprint density at radius 1 is 1.32 bits per heavy atom. The molecule has 0 radical (unpaired) electrons. The molecule has 0 aromatic carbocycles. The Morgan fingerprint density at radius 2 is 2.08 bits per heavy atom. The number of nitrogens with two attached hydrogens (primary N) is 1. The maximum atomic E-state index is 12.1. The number of nitrogens with zero attached hydrogens (tertiary/aromatic N) is 5. The Hall–Kier alpha value is -2.34. The number of rotatable bonds is 5. The molecule has 0 amide bonds. The van der Waals surface area contributed by atoms with E-state index in [9.17, 15) is 15.0 Å². The molecule has 25 heavy (non-hydrogen) atoms. The van der Waals surface area contributed by atoms with E-state index in [-0.39, 0.29) is 12.4 Å². The van der Waals surface area contributed by atoms with Crippen LogP contribution >= 0.6 is 0 Å². The first-order chi connectivity index (χ1) is 11.9. The van der Waals surface area contributed by atoms with Gasteiger partial charge in [-0.1, -0.05) is 12.1 Å². The number of aromatic nitrogens is 5. The highest BCUT2D eigenvalue weighted by Gasteiger charge is 2.43. The van der Waals surface area contributed by atoms with Gasteiger partial charge in [-0.15, -0.1) is 5.10 Å². The molecule has 3 heterocycles. The van der Waals surface area contributed by atoms with Crippen LogP contribution in [0.5, 0.6) is 0 Å². The van der Waals surface area contributed by atoms with Gasteiger partial charge in [0.25, 0.3) is 0 Å². The van der Waals surface area contributed by atoms with E-state index in [4.69, 9.17) is 15.6 Å². The maximum Gasteiger partial charge on any atom is 0.351 e. The second kappa shape index (κ2) is 6.88. The van der Waals surface area contributed by atoms with E-state index in [0.29, 0.717) is 5.56 Å². The maximum absolute atomic E-state index is 12.1. The normalized spacial score (nSPS) is 26.2. The third-order valence-corrected chi connectivity index (χ3v) is 4.13. The van der Waals surface area contributed by atoms with Gasteiger partial charge in [0.1, 0.15) is 24.1 Å². The van der Waals surface area contributed by atoms with Gasteiger partial charge in [-0.2, -0.15) is 4.98 Å². The summed E-state index contributed by atoms with van der Waals surface area (Å²) in [5.41, 5.74) is 6.37. The number of aliphatic hydroxyl groups excluding tert-OH is 3. The minimum Gasteiger partial charge on any atom is -0.394 e. The van der Waals surface area contributed by atoms with Crippen molar-refractivity contribution in [1.29, 1.82) is 0 Å². The Labute approximate surface area is 142 Å². The smallest absolute Gasteiger partial charge is 0.351 e. The van der Waals surface area contributed by atoms with Crippen LogP contribution in [-0.2, 0) is 17.7 Å². The van der Waals surface area contributed by atoms with Gasteiger partial charge < -0.3 is 25.8 Å². The number of aryl methyl sites for hydroxylation is 1. The number of ether oxygens (including phenoxy) is 1. The molecular formula is C14H20N6O5. The van der Waals surface area contributed by atoms with Crippen LogP contribution in [-0.4, -0.2) is 64.8 Å². The van der Waals surface area contributed by atoms with Gasteiger partial charge in [-0.3, -0.25) is 4.57 Å². The van der Waals surface area contributed by atoms with E-state index in [1.54, 1.807) is 10.9 Å². The predicted molar refractivity (Wildman–Crippen MR) is 84.4 cm³/mol. The van der Waals surface area contributed by atoms with Crippen LogP contribution in [0.1, 0.15) is 24.4 Å². The summed E-state index contributed by atoms with van der Waals surface area (Å²) in [6.07, 6.45) is -0.976. The van der Waals surface area contributed by atoms with Gasteiger partial charge in [0.05, 0.1) is 18.8 Å². The summed E-state index contributed by atoms with van der Waals surface area (Å²) in [5.74, 6) is 0.0292. The van der Waals surface area contributed by atoms with Crippen molar-refractivity contribution in [3.63, 3.8) is 0 Å². The standard InChI is InChI=1S/C14H20N6O5/c1-2-8-5-19(18-17-8)3-7-4-20(14(24)16-12(7)15)13-11(23)10(22)9(6-21)25-13/h4-5,9-11,13,21-23H,2-3,6H2,1H3,(H2,15,16,24). The average Bonchev–Trinajstić information content (AvgIpc) is 3.16. The molecule has 0 spiro atoms. The van der Waals surface area contributed by atoms with Crippen molar-refractivity contribution in [2.45, 2.75) is 44.4 Å². The SMILES string of the molecule is CCc1cn(Cc2cn(C3OC(CO)C(O)C3O)c(=O)nc2N)nn1. The van der Waals surface area contributed by atoms with E-state index >= 15 is 0 Å². The van der Waals surface area contributed by atoms with Crippen molar-refractivity contribution in [2.75, 3.05) is 12.3 Å². The molecule has 4 unspecified atom stereocenters. The highest BCUT2D eigenvalue weighted by Crippen LogP contribution is 2.28. The summed E-state index contributed by atoms with van der Waals surface area (Å²) < 4.78 is 7.97. The fourth-order valence-electron chi connectivity index (χ4n) is 2.69. The molecule has 11 heteroatoms. The van der Waals surface area contributed by atoms with Gasteiger partial charge in [-0.25, -0.2) is 9.48 Å². The van der Waals surface area contributed by atoms with Crippen molar-refractivity contribution in [1.82, 2.24) is 24.5 Å². The summed E-state index contributed by atoms with van der Waals surface area (Å²) in [7, 11) is 0. The van der Waals surface area contributed by atoms with Crippen molar-refractivity contribution in [2.24, 2.45) is 0 Å². The molecule has 1 aliphatic rings. The molecule has 2 aromatic heterocycles. The first kappa shape index (κ1) is 17.5. The van der Waals surface area contributed by atoms with E-state index in [2.05, 4.69) is 15.3 Å². The molecule has 3 rings (SSSR count). The molecule has 0 bridgehead atoms. The summed E-state index contributed by atoms with van der Waals surface area (Å²) in [4.78, 5) is 15.9. The van der Waals surface area contributed by atoms with Crippen molar-refractivity contribution < 1.29 is 20.1 Å². The minimum absolute atomic E-state index is 0.0292. The number of hydrogen-bond acceptors (Lipinski definition) is 9. The van der Waals surface area contributed by atoms with Gasteiger partial charge >= 0.3 is 5.69 Å². The lowest BCUT2D eigenvalue weighted by molar-refractivity contribution is -0.0550. The summed E-state index contributed by atoms with van der Waals surface area (Å²) >= 11 is 0. The minimum atomic E-state index is -1.38. The predicted octanol–water partition coefficient (Wildman–Crippen LogP) is -2.36. The van der Waals surface area contributed by atoms with Crippen LogP contribution < -0.4 is 11.4 Å². The summed E-state index contributed by atoms with van der Waals surface area (Å²) in [6.45, 7) is 1.69. The van der Waals surface area contributed by atoms with E-state index in [1.165, 1.54) is 6.20 Å². The lowest BCUT2D eigenvalue weighted by Gasteiger charge is -2.18. The molecule has 0 saturated carbocycles. The van der Waals surface area contributed by atoms with Gasteiger partial charge in [-0.05, 0) is 6.42 Å². The third kappa shape index (κ3) is 3.26. The molecule has 4 atom stereocenters. The van der Waals surface area contributed by atoms with Crippen LogP contribution in [0.4, 0.5) is 5.82 Å².